The predicted molar refractivity (Wildman–Crippen MR) is 90.1 cm³/mol. The van der Waals surface area contributed by atoms with E-state index in [9.17, 15) is 8.42 Å². The molecule has 0 saturated carbocycles. The molecule has 0 aliphatic carbocycles. The van der Waals surface area contributed by atoms with Gasteiger partial charge in [0.2, 0.25) is 10.0 Å². The standard InChI is InChI=1S/C17H18ClNO3S/c1-13-6-8-14(9-7-13)16-12-19(10-11-22-16)23(20,21)17-5-3-2-4-15(17)18/h2-9,16H,10-12H2,1H3. The van der Waals surface area contributed by atoms with Crippen LogP contribution in [-0.2, 0) is 14.8 Å². The number of rotatable bonds is 3. The first kappa shape index (κ1) is 16.5. The largest absolute Gasteiger partial charge is 0.371 e. The molecule has 0 N–H and O–H groups in total. The van der Waals surface area contributed by atoms with Crippen molar-refractivity contribution in [2.75, 3.05) is 19.7 Å². The van der Waals surface area contributed by atoms with Crippen LogP contribution in [-0.4, -0.2) is 32.4 Å². The highest BCUT2D eigenvalue weighted by Gasteiger charge is 2.32. The van der Waals surface area contributed by atoms with E-state index >= 15 is 0 Å². The number of hydrogen-bond acceptors (Lipinski definition) is 3. The third-order valence-electron chi connectivity index (χ3n) is 3.93. The maximum Gasteiger partial charge on any atom is 0.244 e. The van der Waals surface area contributed by atoms with Gasteiger partial charge in [0.05, 0.1) is 17.7 Å². The molecule has 1 atom stereocenters. The smallest absolute Gasteiger partial charge is 0.244 e. The number of benzene rings is 2. The zero-order valence-corrected chi connectivity index (χ0v) is 14.3. The minimum Gasteiger partial charge on any atom is -0.371 e. The highest BCUT2D eigenvalue weighted by Crippen LogP contribution is 2.29. The van der Waals surface area contributed by atoms with Gasteiger partial charge in [-0.2, -0.15) is 4.31 Å². The van der Waals surface area contributed by atoms with E-state index in [-0.39, 0.29) is 22.6 Å². The van der Waals surface area contributed by atoms with Crippen molar-refractivity contribution in [3.8, 4) is 0 Å². The van der Waals surface area contributed by atoms with Gasteiger partial charge in [0.25, 0.3) is 0 Å². The summed E-state index contributed by atoms with van der Waals surface area (Å²) < 4.78 is 32.9. The lowest BCUT2D eigenvalue weighted by atomic mass is 10.1. The molecule has 2 aromatic carbocycles. The predicted octanol–water partition coefficient (Wildman–Crippen LogP) is 3.41. The Hall–Kier alpha value is -1.40. The Bertz CT molecular complexity index is 790. The summed E-state index contributed by atoms with van der Waals surface area (Å²) in [5, 5.41) is 0.242. The van der Waals surface area contributed by atoms with Gasteiger partial charge in [-0.1, -0.05) is 53.6 Å². The Morgan fingerprint density at radius 1 is 1.13 bits per heavy atom. The Morgan fingerprint density at radius 2 is 1.83 bits per heavy atom. The van der Waals surface area contributed by atoms with Crippen molar-refractivity contribution < 1.29 is 13.2 Å². The van der Waals surface area contributed by atoms with Gasteiger partial charge in [0.15, 0.2) is 0 Å². The fourth-order valence-corrected chi connectivity index (χ4v) is 4.54. The van der Waals surface area contributed by atoms with Gasteiger partial charge in [-0.3, -0.25) is 0 Å². The van der Waals surface area contributed by atoms with Crippen LogP contribution in [0.15, 0.2) is 53.4 Å². The zero-order valence-electron chi connectivity index (χ0n) is 12.8. The first-order chi connectivity index (χ1) is 11.0. The molecule has 1 heterocycles. The van der Waals surface area contributed by atoms with Crippen LogP contribution in [0.25, 0.3) is 0 Å². The van der Waals surface area contributed by atoms with Crippen LogP contribution in [0.4, 0.5) is 0 Å². The molecule has 3 rings (SSSR count). The highest BCUT2D eigenvalue weighted by molar-refractivity contribution is 7.89. The number of nitrogens with zero attached hydrogens (tertiary/aromatic N) is 1. The molecule has 23 heavy (non-hydrogen) atoms. The van der Waals surface area contributed by atoms with Crippen molar-refractivity contribution in [3.63, 3.8) is 0 Å². The average molecular weight is 352 g/mol. The molecule has 6 heteroatoms. The lowest BCUT2D eigenvalue weighted by Crippen LogP contribution is -2.42. The molecule has 0 radical (unpaired) electrons. The highest BCUT2D eigenvalue weighted by atomic mass is 35.5. The van der Waals surface area contributed by atoms with Gasteiger partial charge in [-0.15, -0.1) is 0 Å². The first-order valence-corrected chi connectivity index (χ1v) is 9.23. The molecule has 1 aliphatic heterocycles. The van der Waals surface area contributed by atoms with Gasteiger partial charge in [-0.05, 0) is 24.6 Å². The third kappa shape index (κ3) is 3.43. The fraction of sp³-hybridized carbons (Fsp3) is 0.294. The van der Waals surface area contributed by atoms with E-state index in [4.69, 9.17) is 16.3 Å². The molecular formula is C17H18ClNO3S. The summed E-state index contributed by atoms with van der Waals surface area (Å²) in [6, 6.07) is 14.5. The van der Waals surface area contributed by atoms with Crippen LogP contribution >= 0.6 is 11.6 Å². The molecule has 122 valence electrons. The van der Waals surface area contributed by atoms with Crippen LogP contribution in [0.2, 0.25) is 5.02 Å². The topological polar surface area (TPSA) is 46.6 Å². The lowest BCUT2D eigenvalue weighted by Gasteiger charge is -2.32. The van der Waals surface area contributed by atoms with Crippen molar-refractivity contribution in [1.29, 1.82) is 0 Å². The van der Waals surface area contributed by atoms with E-state index in [0.29, 0.717) is 13.2 Å². The van der Waals surface area contributed by atoms with Crippen molar-refractivity contribution in [3.05, 3.63) is 64.7 Å². The summed E-state index contributed by atoms with van der Waals surface area (Å²) in [6.45, 7) is 2.99. The van der Waals surface area contributed by atoms with E-state index in [2.05, 4.69) is 0 Å². The van der Waals surface area contributed by atoms with Crippen LogP contribution in [0, 0.1) is 6.92 Å². The summed E-state index contributed by atoms with van der Waals surface area (Å²) in [7, 11) is -3.62. The quantitative estimate of drug-likeness (QED) is 0.851. The first-order valence-electron chi connectivity index (χ1n) is 7.41. The second kappa shape index (κ2) is 6.61. The van der Waals surface area contributed by atoms with Gasteiger partial charge in [0, 0.05) is 13.1 Å². The number of ether oxygens (including phenoxy) is 1. The van der Waals surface area contributed by atoms with Crippen molar-refractivity contribution >= 4 is 21.6 Å². The fourth-order valence-electron chi connectivity index (χ4n) is 2.62. The van der Waals surface area contributed by atoms with E-state index in [1.165, 1.54) is 10.4 Å². The number of morpholine rings is 1. The molecule has 0 aromatic heterocycles. The van der Waals surface area contributed by atoms with Crippen LogP contribution in [0.1, 0.15) is 17.2 Å². The maximum absolute atomic E-state index is 12.8. The second-order valence-electron chi connectivity index (χ2n) is 5.56. The number of hydrogen-bond donors (Lipinski definition) is 0. The molecule has 1 aliphatic rings. The molecule has 1 unspecified atom stereocenters. The maximum atomic E-state index is 12.8. The van der Waals surface area contributed by atoms with Gasteiger partial charge in [-0.25, -0.2) is 8.42 Å². The average Bonchev–Trinajstić information content (AvgIpc) is 2.56. The monoisotopic (exact) mass is 351 g/mol. The SMILES string of the molecule is Cc1ccc(C2CN(S(=O)(=O)c3ccccc3Cl)CCO2)cc1. The summed E-state index contributed by atoms with van der Waals surface area (Å²) in [6.07, 6.45) is -0.262. The number of sulfonamides is 1. The minimum absolute atomic E-state index is 0.145. The number of halogens is 1. The molecule has 4 nitrogen and oxygen atoms in total. The third-order valence-corrected chi connectivity index (χ3v) is 6.30. The Labute approximate surface area is 141 Å². The molecule has 0 bridgehead atoms. The van der Waals surface area contributed by atoms with E-state index in [0.717, 1.165) is 11.1 Å². The van der Waals surface area contributed by atoms with E-state index in [1.807, 2.05) is 31.2 Å². The molecule has 1 saturated heterocycles. The Kier molecular flexibility index (Phi) is 4.73. The Balaban J connectivity index is 1.86. The summed E-state index contributed by atoms with van der Waals surface area (Å²) in [5.41, 5.74) is 2.14. The summed E-state index contributed by atoms with van der Waals surface area (Å²) in [5.74, 6) is 0. The van der Waals surface area contributed by atoms with E-state index in [1.54, 1.807) is 18.2 Å². The molecule has 0 spiro atoms. The van der Waals surface area contributed by atoms with Crippen molar-refractivity contribution in [2.45, 2.75) is 17.9 Å². The minimum atomic E-state index is -3.62. The second-order valence-corrected chi connectivity index (χ2v) is 7.88. The van der Waals surface area contributed by atoms with Crippen LogP contribution in [0.3, 0.4) is 0 Å². The molecule has 0 amide bonds. The normalized spacial score (nSPS) is 19.7. The van der Waals surface area contributed by atoms with Crippen LogP contribution < -0.4 is 0 Å². The van der Waals surface area contributed by atoms with Gasteiger partial charge >= 0.3 is 0 Å². The van der Waals surface area contributed by atoms with Crippen molar-refractivity contribution in [1.82, 2.24) is 4.31 Å². The Morgan fingerprint density at radius 3 is 2.52 bits per heavy atom. The molecule has 1 fully saturated rings. The molecular weight excluding hydrogens is 334 g/mol. The van der Waals surface area contributed by atoms with Gasteiger partial charge < -0.3 is 4.74 Å². The van der Waals surface area contributed by atoms with E-state index < -0.39 is 10.0 Å². The number of aryl methyl sites for hydroxylation is 1. The summed E-state index contributed by atoms with van der Waals surface area (Å²) >= 11 is 6.06. The summed E-state index contributed by atoms with van der Waals surface area (Å²) in [4.78, 5) is 0.145. The van der Waals surface area contributed by atoms with Crippen molar-refractivity contribution in [2.24, 2.45) is 0 Å². The molecule has 2 aromatic rings. The van der Waals surface area contributed by atoms with Crippen LogP contribution in [0.5, 0.6) is 0 Å². The zero-order chi connectivity index (χ0) is 16.4. The van der Waals surface area contributed by atoms with Gasteiger partial charge in [0.1, 0.15) is 4.90 Å². The lowest BCUT2D eigenvalue weighted by molar-refractivity contribution is -0.00255.